The molecule has 1 aliphatic rings. The summed E-state index contributed by atoms with van der Waals surface area (Å²) >= 11 is 1.62. The zero-order chi connectivity index (χ0) is 17.1. The number of carboxylic acid groups (broad SMARTS) is 1. The highest BCUT2D eigenvalue weighted by molar-refractivity contribution is 7.98. The smallest absolute Gasteiger partial charge is 0.305 e. The van der Waals surface area contributed by atoms with Crippen molar-refractivity contribution < 1.29 is 14.7 Å². The molecule has 0 saturated heterocycles. The number of fused-ring (bicyclic) bond motifs is 1. The number of carboxylic acids is 1. The summed E-state index contributed by atoms with van der Waals surface area (Å²) in [5.74, 6) is -1.21. The second kappa shape index (κ2) is 7.09. The van der Waals surface area contributed by atoms with Gasteiger partial charge in [0.25, 0.3) is 0 Å². The number of hydrogen-bond donors (Lipinski definition) is 2. The van der Waals surface area contributed by atoms with Gasteiger partial charge in [0.05, 0.1) is 18.4 Å². The van der Waals surface area contributed by atoms with Crippen molar-refractivity contribution in [1.29, 1.82) is 0 Å². The van der Waals surface area contributed by atoms with Gasteiger partial charge in [0.1, 0.15) is 0 Å². The van der Waals surface area contributed by atoms with Crippen molar-refractivity contribution in [3.8, 4) is 0 Å². The molecular formula is C19H19NO3S. The van der Waals surface area contributed by atoms with E-state index in [9.17, 15) is 14.7 Å². The van der Waals surface area contributed by atoms with E-state index < -0.39 is 12.0 Å². The van der Waals surface area contributed by atoms with Gasteiger partial charge in [0.15, 0.2) is 0 Å². The molecule has 0 fully saturated rings. The van der Waals surface area contributed by atoms with Crippen LogP contribution in [0, 0.1) is 0 Å². The van der Waals surface area contributed by atoms with E-state index in [1.54, 1.807) is 11.8 Å². The first-order chi connectivity index (χ1) is 11.6. The van der Waals surface area contributed by atoms with E-state index in [4.69, 9.17) is 0 Å². The number of carbonyl (C=O) groups excluding carboxylic acids is 1. The Labute approximate surface area is 145 Å². The highest BCUT2D eigenvalue weighted by Gasteiger charge is 2.33. The van der Waals surface area contributed by atoms with Crippen molar-refractivity contribution in [2.45, 2.75) is 29.7 Å². The van der Waals surface area contributed by atoms with E-state index in [1.807, 2.05) is 54.8 Å². The summed E-state index contributed by atoms with van der Waals surface area (Å²) in [4.78, 5) is 24.9. The van der Waals surface area contributed by atoms with Crippen LogP contribution in [0.25, 0.3) is 0 Å². The average Bonchev–Trinajstić information content (AvgIpc) is 2.55. The summed E-state index contributed by atoms with van der Waals surface area (Å²) in [6.07, 6.45) is 2.57. The average molecular weight is 341 g/mol. The Morgan fingerprint density at radius 2 is 1.92 bits per heavy atom. The lowest BCUT2D eigenvalue weighted by molar-refractivity contribution is -0.137. The lowest BCUT2D eigenvalue weighted by Gasteiger charge is -2.30. The van der Waals surface area contributed by atoms with Gasteiger partial charge < -0.3 is 10.4 Å². The Bertz CT molecular complexity index is 757. The normalized spacial score (nSPS) is 16.6. The minimum atomic E-state index is -0.928. The Morgan fingerprint density at radius 1 is 1.21 bits per heavy atom. The molecule has 124 valence electrons. The zero-order valence-electron chi connectivity index (χ0n) is 13.4. The number of nitrogens with one attached hydrogen (secondary N) is 1. The predicted octanol–water partition coefficient (Wildman–Crippen LogP) is 3.38. The number of rotatable bonds is 6. The number of carbonyl (C=O) groups is 2. The molecule has 4 nitrogen and oxygen atoms in total. The molecule has 2 aromatic rings. The van der Waals surface area contributed by atoms with Crippen molar-refractivity contribution in [2.24, 2.45) is 0 Å². The van der Waals surface area contributed by atoms with Gasteiger partial charge in [-0.1, -0.05) is 36.4 Å². The SMILES string of the molecule is CSc1ccc(C(CC(=O)O)NC(=O)C2Cc3ccccc32)cc1. The summed E-state index contributed by atoms with van der Waals surface area (Å²) in [6, 6.07) is 15.0. The molecule has 3 rings (SSSR count). The van der Waals surface area contributed by atoms with Crippen LogP contribution in [0.15, 0.2) is 53.4 Å². The van der Waals surface area contributed by atoms with Crippen molar-refractivity contribution in [2.75, 3.05) is 6.26 Å². The van der Waals surface area contributed by atoms with Crippen LogP contribution in [0.2, 0.25) is 0 Å². The van der Waals surface area contributed by atoms with Gasteiger partial charge in [-0.3, -0.25) is 9.59 Å². The zero-order valence-corrected chi connectivity index (χ0v) is 14.2. The molecule has 0 aromatic heterocycles. The summed E-state index contributed by atoms with van der Waals surface area (Å²) in [5.41, 5.74) is 3.05. The Hall–Kier alpha value is -2.27. The maximum Gasteiger partial charge on any atom is 0.305 e. The molecule has 0 bridgehead atoms. The first-order valence-electron chi connectivity index (χ1n) is 7.82. The van der Waals surface area contributed by atoms with Crippen molar-refractivity contribution >= 4 is 23.6 Å². The third kappa shape index (κ3) is 3.46. The fourth-order valence-corrected chi connectivity index (χ4v) is 3.44. The third-order valence-electron chi connectivity index (χ3n) is 4.38. The molecule has 0 spiro atoms. The van der Waals surface area contributed by atoms with Gasteiger partial charge in [-0.15, -0.1) is 11.8 Å². The van der Waals surface area contributed by atoms with Gasteiger partial charge in [-0.25, -0.2) is 0 Å². The van der Waals surface area contributed by atoms with E-state index in [1.165, 1.54) is 5.56 Å². The molecule has 0 radical (unpaired) electrons. The van der Waals surface area contributed by atoms with E-state index in [0.717, 1.165) is 16.0 Å². The number of thioether (sulfide) groups is 1. The largest absolute Gasteiger partial charge is 0.481 e. The van der Waals surface area contributed by atoms with E-state index in [-0.39, 0.29) is 18.2 Å². The van der Waals surface area contributed by atoms with Crippen molar-refractivity contribution in [3.05, 3.63) is 65.2 Å². The molecule has 24 heavy (non-hydrogen) atoms. The number of hydrogen-bond acceptors (Lipinski definition) is 3. The minimum Gasteiger partial charge on any atom is -0.481 e. The molecule has 0 heterocycles. The molecule has 2 atom stereocenters. The highest BCUT2D eigenvalue weighted by Crippen LogP contribution is 2.35. The Kier molecular flexibility index (Phi) is 4.90. The van der Waals surface area contributed by atoms with Gasteiger partial charge >= 0.3 is 5.97 Å². The first kappa shape index (κ1) is 16.6. The lowest BCUT2D eigenvalue weighted by atomic mass is 9.77. The molecule has 0 aliphatic heterocycles. The molecule has 5 heteroatoms. The summed E-state index contributed by atoms with van der Waals surface area (Å²) in [5, 5.41) is 12.1. The van der Waals surface area contributed by atoms with Crippen molar-refractivity contribution in [1.82, 2.24) is 5.32 Å². The lowest BCUT2D eigenvalue weighted by Crippen LogP contribution is -2.38. The maximum atomic E-state index is 12.6. The summed E-state index contributed by atoms with van der Waals surface area (Å²) in [6.45, 7) is 0. The summed E-state index contributed by atoms with van der Waals surface area (Å²) in [7, 11) is 0. The topological polar surface area (TPSA) is 66.4 Å². The van der Waals surface area contributed by atoms with Gasteiger partial charge in [0, 0.05) is 4.90 Å². The van der Waals surface area contributed by atoms with Crippen LogP contribution in [-0.4, -0.2) is 23.2 Å². The molecular weight excluding hydrogens is 322 g/mol. The van der Waals surface area contributed by atoms with Gasteiger partial charge in [0.2, 0.25) is 5.91 Å². The minimum absolute atomic E-state index is 0.103. The Balaban J connectivity index is 1.75. The van der Waals surface area contributed by atoms with Crippen LogP contribution in [-0.2, 0) is 16.0 Å². The standard InChI is InChI=1S/C19H19NO3S/c1-24-14-8-6-12(7-9-14)17(11-18(21)22)20-19(23)16-10-13-4-2-3-5-15(13)16/h2-9,16-17H,10-11H2,1H3,(H,20,23)(H,21,22). The quantitative estimate of drug-likeness (QED) is 0.791. The van der Waals surface area contributed by atoms with Crippen molar-refractivity contribution in [3.63, 3.8) is 0 Å². The number of aliphatic carboxylic acids is 1. The monoisotopic (exact) mass is 341 g/mol. The van der Waals surface area contributed by atoms with Crippen LogP contribution in [0.4, 0.5) is 0 Å². The Morgan fingerprint density at radius 3 is 2.54 bits per heavy atom. The van der Waals surface area contributed by atoms with Crippen LogP contribution in [0.3, 0.4) is 0 Å². The molecule has 2 N–H and O–H groups in total. The highest BCUT2D eigenvalue weighted by atomic mass is 32.2. The van der Waals surface area contributed by atoms with E-state index in [0.29, 0.717) is 6.42 Å². The second-order valence-electron chi connectivity index (χ2n) is 5.89. The second-order valence-corrected chi connectivity index (χ2v) is 6.77. The van der Waals surface area contributed by atoms with Gasteiger partial charge in [-0.05, 0) is 41.5 Å². The molecule has 0 saturated carbocycles. The molecule has 1 aliphatic carbocycles. The van der Waals surface area contributed by atoms with Gasteiger partial charge in [-0.2, -0.15) is 0 Å². The number of amides is 1. The van der Waals surface area contributed by atoms with E-state index in [2.05, 4.69) is 5.32 Å². The molecule has 2 aromatic carbocycles. The number of benzene rings is 2. The first-order valence-corrected chi connectivity index (χ1v) is 9.05. The van der Waals surface area contributed by atoms with Crippen LogP contribution in [0.5, 0.6) is 0 Å². The van der Waals surface area contributed by atoms with Crippen LogP contribution >= 0.6 is 11.8 Å². The van der Waals surface area contributed by atoms with E-state index >= 15 is 0 Å². The molecule has 2 unspecified atom stereocenters. The van der Waals surface area contributed by atoms with Crippen LogP contribution < -0.4 is 5.32 Å². The fraction of sp³-hybridized carbons (Fsp3) is 0.263. The van der Waals surface area contributed by atoms with Crippen LogP contribution in [0.1, 0.15) is 35.1 Å². The third-order valence-corrected chi connectivity index (χ3v) is 5.13. The molecule has 1 amide bonds. The summed E-state index contributed by atoms with van der Waals surface area (Å²) < 4.78 is 0. The maximum absolute atomic E-state index is 12.6. The fourth-order valence-electron chi connectivity index (χ4n) is 3.03. The predicted molar refractivity (Wildman–Crippen MR) is 94.2 cm³/mol.